The molecule has 2 aromatic rings. The van der Waals surface area contributed by atoms with Crippen LogP contribution in [-0.2, 0) is 6.54 Å². The first-order valence-electron chi connectivity index (χ1n) is 6.72. The van der Waals surface area contributed by atoms with Crippen molar-refractivity contribution >= 4 is 5.69 Å². The molecule has 3 rings (SSSR count). The predicted octanol–water partition coefficient (Wildman–Crippen LogP) is 1.79. The average molecular weight is 258 g/mol. The Morgan fingerprint density at radius 2 is 2.05 bits per heavy atom. The van der Waals surface area contributed by atoms with Crippen molar-refractivity contribution < 1.29 is 0 Å². The Bertz CT molecular complexity index is 622. The summed E-state index contributed by atoms with van der Waals surface area (Å²) in [5.41, 5.74) is 6.76. The van der Waals surface area contributed by atoms with Gasteiger partial charge < -0.3 is 10.3 Å². The number of rotatable bonds is 3. The molecule has 0 unspecified atom stereocenters. The summed E-state index contributed by atoms with van der Waals surface area (Å²) in [5, 5.41) is 4.62. The summed E-state index contributed by atoms with van der Waals surface area (Å²) in [6.07, 6.45) is 10.5. The summed E-state index contributed by atoms with van der Waals surface area (Å²) in [7, 11) is 0. The van der Waals surface area contributed by atoms with Crippen molar-refractivity contribution in [3.63, 3.8) is 0 Å². The summed E-state index contributed by atoms with van der Waals surface area (Å²) >= 11 is 0. The third-order valence-electron chi connectivity index (χ3n) is 3.71. The number of aromatic nitrogens is 3. The van der Waals surface area contributed by atoms with Crippen molar-refractivity contribution in [1.29, 1.82) is 0 Å². The van der Waals surface area contributed by atoms with Gasteiger partial charge in [0.05, 0.1) is 24.0 Å². The van der Waals surface area contributed by atoms with Crippen molar-refractivity contribution in [3.05, 3.63) is 46.6 Å². The van der Waals surface area contributed by atoms with Gasteiger partial charge in [0.15, 0.2) is 0 Å². The zero-order valence-electron chi connectivity index (χ0n) is 10.8. The van der Waals surface area contributed by atoms with Gasteiger partial charge in [0, 0.05) is 24.7 Å². The van der Waals surface area contributed by atoms with Crippen molar-refractivity contribution in [1.82, 2.24) is 14.3 Å². The van der Waals surface area contributed by atoms with E-state index in [-0.39, 0.29) is 11.1 Å². The largest absolute Gasteiger partial charge is 0.394 e. The molecule has 0 bridgehead atoms. The molecule has 1 aliphatic rings. The first-order valence-corrected chi connectivity index (χ1v) is 6.72. The smallest absolute Gasteiger partial charge is 0.204 e. The molecule has 100 valence electrons. The second kappa shape index (κ2) is 4.91. The normalized spacial score (nSPS) is 16.0. The van der Waals surface area contributed by atoms with E-state index in [4.69, 9.17) is 5.73 Å². The Kier molecular flexibility index (Phi) is 3.11. The van der Waals surface area contributed by atoms with Gasteiger partial charge in [-0.1, -0.05) is 12.8 Å². The minimum absolute atomic E-state index is 0.132. The van der Waals surface area contributed by atoms with E-state index in [0.29, 0.717) is 12.6 Å². The number of nitrogens with zero attached hydrogens (tertiary/aromatic N) is 3. The van der Waals surface area contributed by atoms with Crippen LogP contribution in [0.3, 0.4) is 0 Å². The maximum Gasteiger partial charge on any atom is 0.204 e. The Balaban J connectivity index is 1.75. The zero-order valence-corrected chi connectivity index (χ0v) is 10.8. The van der Waals surface area contributed by atoms with Gasteiger partial charge in [-0.05, 0) is 18.9 Å². The molecule has 0 saturated heterocycles. The van der Waals surface area contributed by atoms with Crippen LogP contribution in [0.1, 0.15) is 37.4 Å². The molecule has 0 aromatic carbocycles. The fourth-order valence-corrected chi connectivity index (χ4v) is 2.66. The molecule has 0 radical (unpaired) electrons. The number of anilines is 1. The molecular formula is C14H18N4O. The van der Waals surface area contributed by atoms with Crippen molar-refractivity contribution in [2.24, 2.45) is 0 Å². The number of pyridine rings is 1. The molecule has 2 heterocycles. The Labute approximate surface area is 111 Å². The van der Waals surface area contributed by atoms with E-state index >= 15 is 0 Å². The Hall–Kier alpha value is -2.04. The van der Waals surface area contributed by atoms with Crippen molar-refractivity contribution in [2.45, 2.75) is 38.3 Å². The average Bonchev–Trinajstić information content (AvgIpc) is 3.04. The molecule has 0 atom stereocenters. The number of nitrogens with two attached hydrogens (primary N) is 1. The highest BCUT2D eigenvalue weighted by molar-refractivity contribution is 5.33. The molecule has 0 amide bonds. The molecule has 1 fully saturated rings. The zero-order chi connectivity index (χ0) is 13.2. The van der Waals surface area contributed by atoms with Gasteiger partial charge in [-0.3, -0.25) is 9.48 Å². The molecule has 5 heteroatoms. The first-order chi connectivity index (χ1) is 9.22. The standard InChI is InChI=1S/C14H18N4O/c15-13-10-17(7-6-14(13)19)9-11-5-8-18(16-11)12-3-1-2-4-12/h5-8,10,12H,1-4,9,15H2. The van der Waals surface area contributed by atoms with Crippen molar-refractivity contribution in [2.75, 3.05) is 5.73 Å². The Morgan fingerprint density at radius 1 is 1.26 bits per heavy atom. The van der Waals surface area contributed by atoms with Gasteiger partial charge in [-0.15, -0.1) is 0 Å². The van der Waals surface area contributed by atoms with Gasteiger partial charge in [0.25, 0.3) is 0 Å². The van der Waals surface area contributed by atoms with E-state index in [1.54, 1.807) is 12.4 Å². The van der Waals surface area contributed by atoms with Crippen LogP contribution in [0.25, 0.3) is 0 Å². The number of hydrogen-bond acceptors (Lipinski definition) is 3. The van der Waals surface area contributed by atoms with E-state index in [1.807, 2.05) is 10.6 Å². The minimum atomic E-state index is -0.132. The van der Waals surface area contributed by atoms with Crippen LogP contribution in [0.15, 0.2) is 35.5 Å². The summed E-state index contributed by atoms with van der Waals surface area (Å²) in [5.74, 6) is 0. The number of nitrogen functional groups attached to an aromatic ring is 1. The third kappa shape index (κ3) is 2.54. The lowest BCUT2D eigenvalue weighted by atomic mass is 10.3. The first kappa shape index (κ1) is 12.0. The van der Waals surface area contributed by atoms with E-state index in [2.05, 4.69) is 16.0 Å². The van der Waals surface area contributed by atoms with Gasteiger partial charge in [0.2, 0.25) is 5.43 Å². The summed E-state index contributed by atoms with van der Waals surface area (Å²) in [6.45, 7) is 0.643. The molecule has 0 spiro atoms. The highest BCUT2D eigenvalue weighted by Gasteiger charge is 2.17. The lowest BCUT2D eigenvalue weighted by Crippen LogP contribution is -2.12. The summed E-state index contributed by atoms with van der Waals surface area (Å²) in [4.78, 5) is 11.2. The SMILES string of the molecule is Nc1cn(Cc2ccn(C3CCCC3)n2)ccc1=O. The van der Waals surface area contributed by atoms with Gasteiger partial charge in [-0.25, -0.2) is 0 Å². The van der Waals surface area contributed by atoms with Crippen molar-refractivity contribution in [3.8, 4) is 0 Å². The fraction of sp³-hybridized carbons (Fsp3) is 0.429. The van der Waals surface area contributed by atoms with Crippen LogP contribution in [0.4, 0.5) is 5.69 Å². The summed E-state index contributed by atoms with van der Waals surface area (Å²) in [6, 6.07) is 4.09. The van der Waals surface area contributed by atoms with Gasteiger partial charge in [-0.2, -0.15) is 5.10 Å². The summed E-state index contributed by atoms with van der Waals surface area (Å²) < 4.78 is 3.96. The quantitative estimate of drug-likeness (QED) is 0.912. The molecule has 0 aliphatic heterocycles. The second-order valence-corrected chi connectivity index (χ2v) is 5.16. The lowest BCUT2D eigenvalue weighted by molar-refractivity contribution is 0.461. The van der Waals surface area contributed by atoms with Crippen LogP contribution >= 0.6 is 0 Å². The van der Waals surface area contributed by atoms with E-state index < -0.39 is 0 Å². The van der Waals surface area contributed by atoms with Gasteiger partial charge >= 0.3 is 0 Å². The highest BCUT2D eigenvalue weighted by Crippen LogP contribution is 2.28. The van der Waals surface area contributed by atoms with E-state index in [9.17, 15) is 4.79 Å². The third-order valence-corrected chi connectivity index (χ3v) is 3.71. The van der Waals surface area contributed by atoms with Gasteiger partial charge in [0.1, 0.15) is 0 Å². The van der Waals surface area contributed by atoms with Crippen LogP contribution in [0.2, 0.25) is 0 Å². The molecule has 1 aliphatic carbocycles. The monoisotopic (exact) mass is 258 g/mol. The van der Waals surface area contributed by atoms with Crippen LogP contribution in [0.5, 0.6) is 0 Å². The van der Waals surface area contributed by atoms with Crippen LogP contribution in [-0.4, -0.2) is 14.3 Å². The maximum atomic E-state index is 11.2. The lowest BCUT2D eigenvalue weighted by Gasteiger charge is -2.09. The Morgan fingerprint density at radius 3 is 2.79 bits per heavy atom. The topological polar surface area (TPSA) is 65.8 Å². The highest BCUT2D eigenvalue weighted by atomic mass is 16.1. The van der Waals surface area contributed by atoms with E-state index in [0.717, 1.165) is 5.69 Å². The van der Waals surface area contributed by atoms with Crippen LogP contribution in [0, 0.1) is 0 Å². The second-order valence-electron chi connectivity index (χ2n) is 5.16. The molecular weight excluding hydrogens is 240 g/mol. The molecule has 1 saturated carbocycles. The molecule has 2 N–H and O–H groups in total. The van der Waals surface area contributed by atoms with Crippen LogP contribution < -0.4 is 11.2 Å². The predicted molar refractivity (Wildman–Crippen MR) is 73.9 cm³/mol. The molecule has 5 nitrogen and oxygen atoms in total. The minimum Gasteiger partial charge on any atom is -0.394 e. The van der Waals surface area contributed by atoms with E-state index in [1.165, 1.54) is 31.7 Å². The number of hydrogen-bond donors (Lipinski definition) is 1. The molecule has 2 aromatic heterocycles. The molecule has 19 heavy (non-hydrogen) atoms. The fourth-order valence-electron chi connectivity index (χ4n) is 2.66. The maximum absolute atomic E-state index is 11.2.